The zero-order valence-corrected chi connectivity index (χ0v) is 12.8. The van der Waals surface area contributed by atoms with Crippen LogP contribution in [0.4, 0.5) is 11.4 Å². The fourth-order valence-electron chi connectivity index (χ4n) is 2.36. The Morgan fingerprint density at radius 3 is 2.45 bits per heavy atom. The molecule has 0 radical (unpaired) electrons. The maximum Gasteiger partial charge on any atom is 0.292 e. The molecule has 0 N–H and O–H groups in total. The zero-order valence-electron chi connectivity index (χ0n) is 12.8. The minimum absolute atomic E-state index is 0.0758. The summed E-state index contributed by atoms with van der Waals surface area (Å²) >= 11 is 0. The first-order chi connectivity index (χ1) is 10.6. The summed E-state index contributed by atoms with van der Waals surface area (Å²) in [7, 11) is 4.96. The number of benzene rings is 2. The van der Waals surface area contributed by atoms with Gasteiger partial charge in [-0.25, -0.2) is 0 Å². The van der Waals surface area contributed by atoms with E-state index in [0.717, 1.165) is 5.56 Å². The fourth-order valence-corrected chi connectivity index (χ4v) is 2.36. The van der Waals surface area contributed by atoms with Crippen molar-refractivity contribution >= 4 is 11.4 Å². The van der Waals surface area contributed by atoms with Gasteiger partial charge < -0.3 is 14.4 Å². The number of anilines is 1. The van der Waals surface area contributed by atoms with Crippen molar-refractivity contribution in [2.45, 2.75) is 6.54 Å². The highest BCUT2D eigenvalue weighted by Gasteiger charge is 2.18. The van der Waals surface area contributed by atoms with Crippen LogP contribution in [0.1, 0.15) is 5.56 Å². The number of ether oxygens (including phenoxy) is 2. The van der Waals surface area contributed by atoms with Gasteiger partial charge in [-0.05, 0) is 12.1 Å². The maximum atomic E-state index is 11.1. The third-order valence-electron chi connectivity index (χ3n) is 3.38. The second-order valence-corrected chi connectivity index (χ2v) is 4.75. The van der Waals surface area contributed by atoms with Crippen LogP contribution in [0.15, 0.2) is 42.5 Å². The molecule has 2 aromatic carbocycles. The van der Waals surface area contributed by atoms with E-state index in [1.165, 1.54) is 6.07 Å². The number of nitrogens with zero attached hydrogens (tertiary/aromatic N) is 2. The second kappa shape index (κ2) is 6.80. The highest BCUT2D eigenvalue weighted by molar-refractivity contribution is 5.63. The van der Waals surface area contributed by atoms with Crippen molar-refractivity contribution in [3.8, 4) is 11.5 Å². The van der Waals surface area contributed by atoms with Gasteiger partial charge in [0.1, 0.15) is 5.69 Å². The highest BCUT2D eigenvalue weighted by atomic mass is 16.6. The molecule has 0 aliphatic carbocycles. The fraction of sp³-hybridized carbons (Fsp3) is 0.250. The molecule has 6 nitrogen and oxygen atoms in total. The Labute approximate surface area is 129 Å². The van der Waals surface area contributed by atoms with Gasteiger partial charge in [0.15, 0.2) is 11.5 Å². The van der Waals surface area contributed by atoms with Gasteiger partial charge in [-0.2, -0.15) is 0 Å². The molecule has 0 saturated heterocycles. The number of nitro benzene ring substituents is 1. The van der Waals surface area contributed by atoms with Crippen molar-refractivity contribution in [2.75, 3.05) is 26.2 Å². The number of hydrogen-bond acceptors (Lipinski definition) is 5. The first-order valence-corrected chi connectivity index (χ1v) is 6.73. The molecule has 116 valence electrons. The van der Waals surface area contributed by atoms with E-state index in [4.69, 9.17) is 9.47 Å². The van der Waals surface area contributed by atoms with E-state index < -0.39 is 0 Å². The standard InChI is InChI=1S/C16H18N2O4/c1-17(13-8-4-5-9-14(13)18(19)20)11-12-7-6-10-15(21-2)16(12)22-3/h4-10H,11H2,1-3H3. The van der Waals surface area contributed by atoms with Gasteiger partial charge in [0.2, 0.25) is 0 Å². The van der Waals surface area contributed by atoms with Crippen LogP contribution in [-0.2, 0) is 6.54 Å². The molecule has 0 saturated carbocycles. The number of methoxy groups -OCH3 is 2. The van der Waals surface area contributed by atoms with Crippen LogP contribution in [0.25, 0.3) is 0 Å². The molecule has 0 aliphatic heterocycles. The van der Waals surface area contributed by atoms with E-state index in [2.05, 4.69) is 0 Å². The van der Waals surface area contributed by atoms with E-state index in [9.17, 15) is 10.1 Å². The largest absolute Gasteiger partial charge is 0.493 e. The lowest BCUT2D eigenvalue weighted by molar-refractivity contribution is -0.384. The Bertz CT molecular complexity index is 673. The Morgan fingerprint density at radius 2 is 1.82 bits per heavy atom. The van der Waals surface area contributed by atoms with Gasteiger partial charge in [0.05, 0.1) is 19.1 Å². The Morgan fingerprint density at radius 1 is 1.09 bits per heavy atom. The molecule has 0 atom stereocenters. The maximum absolute atomic E-state index is 11.1. The molecule has 0 aromatic heterocycles. The average Bonchev–Trinajstić information content (AvgIpc) is 2.54. The number of rotatable bonds is 6. The monoisotopic (exact) mass is 302 g/mol. The number of nitro groups is 1. The molecular formula is C16H18N2O4. The van der Waals surface area contributed by atoms with Gasteiger partial charge >= 0.3 is 0 Å². The molecule has 6 heteroatoms. The van der Waals surface area contributed by atoms with Gasteiger partial charge in [-0.1, -0.05) is 24.3 Å². The second-order valence-electron chi connectivity index (χ2n) is 4.75. The van der Waals surface area contributed by atoms with Crippen LogP contribution in [0.5, 0.6) is 11.5 Å². The quantitative estimate of drug-likeness (QED) is 0.605. The first kappa shape index (κ1) is 15.6. The van der Waals surface area contributed by atoms with Gasteiger partial charge in [0.25, 0.3) is 5.69 Å². The van der Waals surface area contributed by atoms with E-state index >= 15 is 0 Å². The lowest BCUT2D eigenvalue weighted by Crippen LogP contribution is -2.18. The summed E-state index contributed by atoms with van der Waals surface area (Å²) < 4.78 is 10.7. The van der Waals surface area contributed by atoms with Crippen LogP contribution >= 0.6 is 0 Å². The van der Waals surface area contributed by atoms with Crippen LogP contribution in [0.2, 0.25) is 0 Å². The summed E-state index contributed by atoms with van der Waals surface area (Å²) in [6.45, 7) is 0.464. The van der Waals surface area contributed by atoms with Crippen LogP contribution in [-0.4, -0.2) is 26.2 Å². The smallest absolute Gasteiger partial charge is 0.292 e. The van der Waals surface area contributed by atoms with Crippen molar-refractivity contribution in [3.63, 3.8) is 0 Å². The van der Waals surface area contributed by atoms with Crippen molar-refractivity contribution in [1.29, 1.82) is 0 Å². The predicted molar refractivity (Wildman–Crippen MR) is 84.7 cm³/mol. The lowest BCUT2D eigenvalue weighted by Gasteiger charge is -2.21. The van der Waals surface area contributed by atoms with Crippen LogP contribution in [0.3, 0.4) is 0 Å². The van der Waals surface area contributed by atoms with Crippen molar-refractivity contribution in [2.24, 2.45) is 0 Å². The molecule has 2 aromatic rings. The van der Waals surface area contributed by atoms with E-state index in [1.54, 1.807) is 39.5 Å². The average molecular weight is 302 g/mol. The van der Waals surface area contributed by atoms with E-state index in [0.29, 0.717) is 23.7 Å². The highest BCUT2D eigenvalue weighted by Crippen LogP contribution is 2.33. The molecule has 0 amide bonds. The molecule has 0 aliphatic rings. The van der Waals surface area contributed by atoms with E-state index in [-0.39, 0.29) is 10.6 Å². The molecule has 22 heavy (non-hydrogen) atoms. The number of para-hydroxylation sites is 3. The topological polar surface area (TPSA) is 64.8 Å². The predicted octanol–water partition coefficient (Wildman–Crippen LogP) is 3.25. The molecular weight excluding hydrogens is 284 g/mol. The van der Waals surface area contributed by atoms with Gasteiger partial charge in [-0.15, -0.1) is 0 Å². The summed E-state index contributed by atoms with van der Waals surface area (Å²) in [5.74, 6) is 1.27. The van der Waals surface area contributed by atoms with Crippen molar-refractivity contribution < 1.29 is 14.4 Å². The van der Waals surface area contributed by atoms with E-state index in [1.807, 2.05) is 23.1 Å². The third kappa shape index (κ3) is 3.11. The zero-order chi connectivity index (χ0) is 16.1. The lowest BCUT2D eigenvalue weighted by atomic mass is 10.1. The normalized spacial score (nSPS) is 10.1. The van der Waals surface area contributed by atoms with Gasteiger partial charge in [-0.3, -0.25) is 10.1 Å². The first-order valence-electron chi connectivity index (χ1n) is 6.73. The Kier molecular flexibility index (Phi) is 4.83. The summed E-state index contributed by atoms with van der Waals surface area (Å²) in [5, 5.41) is 11.1. The molecule has 0 spiro atoms. The molecule has 0 heterocycles. The summed E-state index contributed by atoms with van der Waals surface area (Å²) in [4.78, 5) is 12.6. The Balaban J connectivity index is 2.34. The summed E-state index contributed by atoms with van der Waals surface area (Å²) in [5.41, 5.74) is 1.52. The van der Waals surface area contributed by atoms with Crippen LogP contribution in [0, 0.1) is 10.1 Å². The minimum atomic E-state index is -0.380. The summed E-state index contributed by atoms with van der Waals surface area (Å²) in [6.07, 6.45) is 0. The van der Waals surface area contributed by atoms with Crippen molar-refractivity contribution in [3.05, 3.63) is 58.1 Å². The molecule has 0 fully saturated rings. The SMILES string of the molecule is COc1cccc(CN(C)c2ccccc2[N+](=O)[O-])c1OC. The van der Waals surface area contributed by atoms with Gasteiger partial charge in [0, 0.05) is 25.2 Å². The molecule has 2 rings (SSSR count). The molecule has 0 bridgehead atoms. The van der Waals surface area contributed by atoms with Crippen LogP contribution < -0.4 is 14.4 Å². The third-order valence-corrected chi connectivity index (χ3v) is 3.38. The van der Waals surface area contributed by atoms with Crippen molar-refractivity contribution in [1.82, 2.24) is 0 Å². The molecule has 0 unspecified atom stereocenters. The minimum Gasteiger partial charge on any atom is -0.493 e. The Hall–Kier alpha value is -2.76. The summed E-state index contributed by atoms with van der Waals surface area (Å²) in [6, 6.07) is 12.2. The number of hydrogen-bond donors (Lipinski definition) is 0.